The normalized spacial score (nSPS) is 10.7. The van der Waals surface area contributed by atoms with Gasteiger partial charge in [-0.2, -0.15) is 0 Å². The molecule has 3 nitrogen and oxygen atoms in total. The van der Waals surface area contributed by atoms with Gasteiger partial charge in [-0.1, -0.05) is 0 Å². The lowest BCUT2D eigenvalue weighted by Crippen LogP contribution is -2.33. The Hall–Kier alpha value is 0.380. The van der Waals surface area contributed by atoms with Crippen LogP contribution in [0.2, 0.25) is 0 Å². The summed E-state index contributed by atoms with van der Waals surface area (Å²) in [6.07, 6.45) is 0. The summed E-state index contributed by atoms with van der Waals surface area (Å²) in [5.41, 5.74) is 0. The summed E-state index contributed by atoms with van der Waals surface area (Å²) in [6.45, 7) is 4.23. The molecule has 18 heavy (non-hydrogen) atoms. The van der Waals surface area contributed by atoms with E-state index in [2.05, 4.69) is 31.9 Å². The molecule has 0 atom stereocenters. The molecule has 102 valence electrons. The van der Waals surface area contributed by atoms with Gasteiger partial charge in [0.25, 0.3) is 5.91 Å². The molecule has 0 aliphatic rings. The van der Waals surface area contributed by atoms with Crippen molar-refractivity contribution < 1.29 is 9.53 Å². The molecule has 1 rings (SSSR count). The first-order valence-corrected chi connectivity index (χ1v) is 8.41. The van der Waals surface area contributed by atoms with Crippen molar-refractivity contribution >= 4 is 60.7 Å². The number of likely N-dealkylation sites (N-methyl/N-ethyl adjacent to an activating group) is 1. The van der Waals surface area contributed by atoms with E-state index in [-0.39, 0.29) is 5.91 Å². The van der Waals surface area contributed by atoms with Gasteiger partial charge in [-0.05, 0) is 44.8 Å². The van der Waals surface area contributed by atoms with Crippen LogP contribution in [-0.2, 0) is 4.74 Å². The van der Waals surface area contributed by atoms with Crippen molar-refractivity contribution in [1.82, 2.24) is 4.90 Å². The minimum absolute atomic E-state index is 0.0309. The van der Waals surface area contributed by atoms with Crippen LogP contribution in [0.1, 0.15) is 16.6 Å². The first kappa shape index (κ1) is 16.4. The molecule has 1 aromatic heterocycles. The maximum atomic E-state index is 12.2. The number of rotatable bonds is 7. The van der Waals surface area contributed by atoms with E-state index in [0.717, 1.165) is 8.26 Å². The molecule has 0 N–H and O–H groups in total. The smallest absolute Gasteiger partial charge is 0.264 e. The number of hydrogen-bond donors (Lipinski definition) is 0. The van der Waals surface area contributed by atoms with Gasteiger partial charge in [-0.15, -0.1) is 22.9 Å². The van der Waals surface area contributed by atoms with Crippen molar-refractivity contribution in [3.05, 3.63) is 19.2 Å². The summed E-state index contributed by atoms with van der Waals surface area (Å²) in [5.74, 6) is 0.508. The first-order valence-electron chi connectivity index (χ1n) is 5.48. The molecule has 0 saturated heterocycles. The monoisotopic (exact) mass is 417 g/mol. The van der Waals surface area contributed by atoms with Crippen LogP contribution >= 0.6 is 54.8 Å². The van der Waals surface area contributed by atoms with E-state index in [9.17, 15) is 4.79 Å². The van der Waals surface area contributed by atoms with Gasteiger partial charge in [0.15, 0.2) is 0 Å². The second kappa shape index (κ2) is 8.53. The van der Waals surface area contributed by atoms with Crippen LogP contribution in [0.15, 0.2) is 14.3 Å². The highest BCUT2D eigenvalue weighted by molar-refractivity contribution is 9.13. The molecule has 0 radical (unpaired) electrons. The van der Waals surface area contributed by atoms with E-state index in [0.29, 0.717) is 37.1 Å². The fraction of sp³-hybridized carbons (Fsp3) is 0.545. The second-order valence-electron chi connectivity index (χ2n) is 3.42. The molecule has 7 heteroatoms. The summed E-state index contributed by atoms with van der Waals surface area (Å²) in [7, 11) is 0. The molecule has 0 aliphatic heterocycles. The zero-order valence-electron chi connectivity index (χ0n) is 9.92. The van der Waals surface area contributed by atoms with Gasteiger partial charge in [0.05, 0.1) is 21.9 Å². The van der Waals surface area contributed by atoms with Crippen molar-refractivity contribution in [2.75, 3.05) is 32.2 Å². The number of carbonyl (C=O) groups excluding carboxylic acids is 1. The molecule has 0 saturated carbocycles. The van der Waals surface area contributed by atoms with E-state index in [4.69, 9.17) is 16.3 Å². The molecule has 0 unspecified atom stereocenters. The van der Waals surface area contributed by atoms with Crippen molar-refractivity contribution in [2.24, 2.45) is 0 Å². The Morgan fingerprint density at radius 1 is 1.50 bits per heavy atom. The highest BCUT2D eigenvalue weighted by Crippen LogP contribution is 2.32. The van der Waals surface area contributed by atoms with Gasteiger partial charge in [-0.3, -0.25) is 4.79 Å². The number of ether oxygens (including phenoxy) is 1. The number of hydrogen-bond acceptors (Lipinski definition) is 3. The summed E-state index contributed by atoms with van der Waals surface area (Å²) in [4.78, 5) is 14.7. The van der Waals surface area contributed by atoms with Gasteiger partial charge in [0, 0.05) is 23.4 Å². The SMILES string of the molecule is CCN(CCOCCCl)C(=O)c1cc(Br)c(Br)s1. The molecule has 0 bridgehead atoms. The highest BCUT2D eigenvalue weighted by atomic mass is 79.9. The average Bonchev–Trinajstić information content (AvgIpc) is 2.69. The second-order valence-corrected chi connectivity index (χ2v) is 7.02. The Bertz CT molecular complexity index is 381. The lowest BCUT2D eigenvalue weighted by atomic mass is 10.4. The quantitative estimate of drug-likeness (QED) is 0.494. The van der Waals surface area contributed by atoms with Crippen LogP contribution in [0.25, 0.3) is 0 Å². The number of thiophene rings is 1. The molecule has 0 aromatic carbocycles. The van der Waals surface area contributed by atoms with Crippen LogP contribution in [0.5, 0.6) is 0 Å². The van der Waals surface area contributed by atoms with Crippen LogP contribution in [0, 0.1) is 0 Å². The van der Waals surface area contributed by atoms with Crippen molar-refractivity contribution in [3.63, 3.8) is 0 Å². The molecule has 0 fully saturated rings. The number of amides is 1. The molecule has 1 aromatic rings. The topological polar surface area (TPSA) is 29.5 Å². The highest BCUT2D eigenvalue weighted by Gasteiger charge is 2.17. The number of carbonyl (C=O) groups is 1. The van der Waals surface area contributed by atoms with Crippen molar-refractivity contribution in [3.8, 4) is 0 Å². The van der Waals surface area contributed by atoms with Crippen LogP contribution in [-0.4, -0.2) is 43.0 Å². The lowest BCUT2D eigenvalue weighted by molar-refractivity contribution is 0.0675. The first-order chi connectivity index (χ1) is 8.60. The van der Waals surface area contributed by atoms with Gasteiger partial charge in [0.1, 0.15) is 0 Å². The third kappa shape index (κ3) is 4.81. The Kier molecular flexibility index (Phi) is 7.79. The predicted molar refractivity (Wildman–Crippen MR) is 82.8 cm³/mol. The van der Waals surface area contributed by atoms with Gasteiger partial charge < -0.3 is 9.64 Å². The largest absolute Gasteiger partial charge is 0.378 e. The molecule has 0 spiro atoms. The summed E-state index contributed by atoms with van der Waals surface area (Å²) < 4.78 is 7.13. The fourth-order valence-corrected chi connectivity index (χ4v) is 3.46. The zero-order valence-corrected chi connectivity index (χ0v) is 14.7. The van der Waals surface area contributed by atoms with Crippen LogP contribution < -0.4 is 0 Å². The predicted octanol–water partition coefficient (Wildman–Crippen LogP) is 3.99. The standard InChI is InChI=1S/C11H14Br2ClNO2S/c1-2-15(4-6-17-5-3-14)11(16)9-7-8(12)10(13)18-9/h7H,2-6H2,1H3. The van der Waals surface area contributed by atoms with E-state index >= 15 is 0 Å². The van der Waals surface area contributed by atoms with Gasteiger partial charge in [-0.25, -0.2) is 0 Å². The van der Waals surface area contributed by atoms with Crippen molar-refractivity contribution in [1.29, 1.82) is 0 Å². The lowest BCUT2D eigenvalue weighted by Gasteiger charge is -2.19. The summed E-state index contributed by atoms with van der Waals surface area (Å²) >= 11 is 13.7. The van der Waals surface area contributed by atoms with Crippen LogP contribution in [0.4, 0.5) is 0 Å². The van der Waals surface area contributed by atoms with Gasteiger partial charge in [0.2, 0.25) is 0 Å². The number of alkyl halides is 1. The fourth-order valence-electron chi connectivity index (χ4n) is 1.34. The summed E-state index contributed by atoms with van der Waals surface area (Å²) in [6, 6.07) is 1.83. The van der Waals surface area contributed by atoms with Crippen molar-refractivity contribution in [2.45, 2.75) is 6.92 Å². The molecule has 1 heterocycles. The van der Waals surface area contributed by atoms with Crippen LogP contribution in [0.3, 0.4) is 0 Å². The molecule has 1 amide bonds. The Morgan fingerprint density at radius 3 is 2.72 bits per heavy atom. The number of halogens is 3. The molecular weight excluding hydrogens is 405 g/mol. The average molecular weight is 420 g/mol. The third-order valence-electron chi connectivity index (χ3n) is 2.25. The molecule has 0 aliphatic carbocycles. The Balaban J connectivity index is 2.56. The third-order valence-corrected chi connectivity index (χ3v) is 5.65. The summed E-state index contributed by atoms with van der Waals surface area (Å²) in [5, 5.41) is 0. The minimum atomic E-state index is 0.0309. The van der Waals surface area contributed by atoms with Gasteiger partial charge >= 0.3 is 0 Å². The molecular formula is C11H14Br2ClNO2S. The van der Waals surface area contributed by atoms with E-state index in [1.54, 1.807) is 4.90 Å². The number of nitrogens with zero attached hydrogens (tertiary/aromatic N) is 1. The maximum absolute atomic E-state index is 12.2. The minimum Gasteiger partial charge on any atom is -0.378 e. The zero-order chi connectivity index (χ0) is 13.5. The van der Waals surface area contributed by atoms with E-state index < -0.39 is 0 Å². The van der Waals surface area contributed by atoms with E-state index in [1.165, 1.54) is 11.3 Å². The Labute approximate surface area is 133 Å². The maximum Gasteiger partial charge on any atom is 0.264 e. The van der Waals surface area contributed by atoms with E-state index in [1.807, 2.05) is 13.0 Å². The Morgan fingerprint density at radius 2 is 2.22 bits per heavy atom.